The number of fused-ring (bicyclic) bond motifs is 1. The normalized spacial score (nSPS) is 19.6. The highest BCUT2D eigenvalue weighted by atomic mass is 19.1. The third-order valence-corrected chi connectivity index (χ3v) is 4.86. The zero-order valence-corrected chi connectivity index (χ0v) is 13.9. The van der Waals surface area contributed by atoms with Crippen LogP contribution in [-0.2, 0) is 16.6 Å². The summed E-state index contributed by atoms with van der Waals surface area (Å²) in [5, 5.41) is 2.27. The van der Waals surface area contributed by atoms with Crippen molar-refractivity contribution < 1.29 is 14.0 Å². The number of piperidine rings is 1. The highest BCUT2D eigenvalue weighted by Gasteiger charge is 2.32. The number of hydrogen-bond acceptors (Lipinski definition) is 3. The second kappa shape index (κ2) is 5.89. The van der Waals surface area contributed by atoms with Crippen molar-refractivity contribution >= 4 is 22.8 Å². The zero-order chi connectivity index (χ0) is 17.6. The molecule has 0 spiro atoms. The third kappa shape index (κ3) is 2.35. The lowest BCUT2D eigenvalue weighted by Gasteiger charge is -2.22. The highest BCUT2D eigenvalue weighted by Crippen LogP contribution is 2.31. The van der Waals surface area contributed by atoms with Gasteiger partial charge in [0.25, 0.3) is 0 Å². The molecule has 0 bridgehead atoms. The fourth-order valence-corrected chi connectivity index (χ4v) is 3.38. The van der Waals surface area contributed by atoms with Gasteiger partial charge in [0.2, 0.25) is 11.8 Å². The van der Waals surface area contributed by atoms with Gasteiger partial charge >= 0.3 is 5.69 Å². The molecular weight excluding hydrogens is 313 g/mol. The van der Waals surface area contributed by atoms with Crippen LogP contribution in [0.1, 0.15) is 50.6 Å². The van der Waals surface area contributed by atoms with Crippen LogP contribution in [0.4, 0.5) is 4.39 Å². The number of carbonyl (C=O) groups excluding carboxylic acids is 2. The van der Waals surface area contributed by atoms with Crippen molar-refractivity contribution in [3.05, 3.63) is 34.0 Å². The van der Waals surface area contributed by atoms with Gasteiger partial charge in [0.05, 0.1) is 11.0 Å². The van der Waals surface area contributed by atoms with Crippen molar-refractivity contribution in [2.75, 3.05) is 0 Å². The highest BCUT2D eigenvalue weighted by molar-refractivity contribution is 6.00. The number of aryl methyl sites for hydroxylation is 1. The summed E-state index contributed by atoms with van der Waals surface area (Å²) in [6, 6.07) is 2.11. The molecule has 0 aliphatic carbocycles. The Balaban J connectivity index is 2.28. The average molecular weight is 333 g/mol. The Bertz CT molecular complexity index is 897. The maximum atomic E-state index is 14.4. The predicted octanol–water partition coefficient (Wildman–Crippen LogP) is 1.97. The molecule has 128 valence electrons. The van der Waals surface area contributed by atoms with Crippen LogP contribution < -0.4 is 11.0 Å². The largest absolute Gasteiger partial charge is 0.329 e. The van der Waals surface area contributed by atoms with Crippen LogP contribution in [0.2, 0.25) is 0 Å². The summed E-state index contributed by atoms with van der Waals surface area (Å²) in [5.41, 5.74) is 1.14. The van der Waals surface area contributed by atoms with Crippen LogP contribution in [0.15, 0.2) is 16.9 Å². The molecule has 1 aromatic carbocycles. The van der Waals surface area contributed by atoms with Gasteiger partial charge in [0, 0.05) is 19.0 Å². The van der Waals surface area contributed by atoms with Gasteiger partial charge in [-0.2, -0.15) is 0 Å². The van der Waals surface area contributed by atoms with Crippen molar-refractivity contribution in [3.8, 4) is 0 Å². The minimum atomic E-state index is -0.755. The van der Waals surface area contributed by atoms with E-state index in [0.717, 1.165) is 6.42 Å². The summed E-state index contributed by atoms with van der Waals surface area (Å²) >= 11 is 0. The van der Waals surface area contributed by atoms with Gasteiger partial charge in [-0.1, -0.05) is 13.8 Å². The number of imide groups is 1. The van der Waals surface area contributed by atoms with Crippen molar-refractivity contribution in [3.63, 3.8) is 0 Å². The molecule has 1 aromatic heterocycles. The van der Waals surface area contributed by atoms with Gasteiger partial charge in [-0.25, -0.2) is 9.18 Å². The van der Waals surface area contributed by atoms with Gasteiger partial charge in [0.1, 0.15) is 11.9 Å². The molecule has 2 aromatic rings. The maximum Gasteiger partial charge on any atom is 0.329 e. The molecule has 2 atom stereocenters. The van der Waals surface area contributed by atoms with Crippen molar-refractivity contribution in [2.45, 2.75) is 45.1 Å². The van der Waals surface area contributed by atoms with E-state index >= 15 is 0 Å². The molecule has 2 amide bonds. The van der Waals surface area contributed by atoms with Crippen LogP contribution in [0.25, 0.3) is 11.0 Å². The number of rotatable bonds is 3. The smallest absolute Gasteiger partial charge is 0.295 e. The number of halogens is 1. The minimum Gasteiger partial charge on any atom is -0.295 e. The fourth-order valence-electron chi connectivity index (χ4n) is 3.38. The van der Waals surface area contributed by atoms with E-state index in [9.17, 15) is 18.8 Å². The van der Waals surface area contributed by atoms with Crippen molar-refractivity contribution in [2.24, 2.45) is 7.05 Å². The van der Waals surface area contributed by atoms with Crippen molar-refractivity contribution in [1.82, 2.24) is 14.5 Å². The maximum absolute atomic E-state index is 14.4. The number of benzene rings is 1. The van der Waals surface area contributed by atoms with Gasteiger partial charge in [-0.05, 0) is 30.9 Å². The van der Waals surface area contributed by atoms with Crippen molar-refractivity contribution in [1.29, 1.82) is 0 Å². The quantitative estimate of drug-likeness (QED) is 0.873. The lowest BCUT2D eigenvalue weighted by Crippen LogP contribution is -2.44. The number of imidazole rings is 1. The van der Waals surface area contributed by atoms with Crippen LogP contribution in [0.5, 0.6) is 0 Å². The van der Waals surface area contributed by atoms with E-state index in [1.807, 2.05) is 13.8 Å². The monoisotopic (exact) mass is 333 g/mol. The molecule has 2 heterocycles. The lowest BCUT2D eigenvalue weighted by atomic mass is 9.96. The number of nitrogens with zero attached hydrogens (tertiary/aromatic N) is 2. The first-order chi connectivity index (χ1) is 11.4. The van der Waals surface area contributed by atoms with Crippen LogP contribution >= 0.6 is 0 Å². The number of carbonyl (C=O) groups is 2. The Kier molecular flexibility index (Phi) is 4.03. The molecule has 1 aliphatic rings. The topological polar surface area (TPSA) is 73.1 Å². The van der Waals surface area contributed by atoms with E-state index < -0.39 is 11.9 Å². The third-order valence-electron chi connectivity index (χ3n) is 4.86. The molecule has 1 fully saturated rings. The Hall–Kier alpha value is -2.44. The Morgan fingerprint density at radius 2 is 2.04 bits per heavy atom. The van der Waals surface area contributed by atoms with E-state index in [-0.39, 0.29) is 36.2 Å². The second-order valence-corrected chi connectivity index (χ2v) is 6.32. The summed E-state index contributed by atoms with van der Waals surface area (Å²) in [6.45, 7) is 3.86. The van der Waals surface area contributed by atoms with E-state index in [0.29, 0.717) is 16.6 Å². The van der Waals surface area contributed by atoms with E-state index in [4.69, 9.17) is 0 Å². The molecular formula is C17H20FN3O3. The summed E-state index contributed by atoms with van der Waals surface area (Å²) in [6.07, 6.45) is 1.17. The van der Waals surface area contributed by atoms with E-state index in [2.05, 4.69) is 5.32 Å². The summed E-state index contributed by atoms with van der Waals surface area (Å²) < 4.78 is 17.2. The van der Waals surface area contributed by atoms with Gasteiger partial charge < -0.3 is 0 Å². The summed E-state index contributed by atoms with van der Waals surface area (Å²) in [7, 11) is 1.58. The molecule has 0 radical (unpaired) electrons. The standard InChI is InChI=1S/C17H20FN3O3/c1-4-9(2)14-10(18)5-6-11-15(14)20(3)17(24)21(11)12-7-8-13(22)19-16(12)23/h5-6,9,12H,4,7-8H2,1-3H3,(H,19,22,23). The molecule has 0 saturated carbocycles. The van der Waals surface area contributed by atoms with Crippen LogP contribution in [0, 0.1) is 5.82 Å². The molecule has 1 N–H and O–H groups in total. The fraction of sp³-hybridized carbons (Fsp3) is 0.471. The van der Waals surface area contributed by atoms with Gasteiger partial charge in [0.15, 0.2) is 0 Å². The van der Waals surface area contributed by atoms with Crippen LogP contribution in [-0.4, -0.2) is 20.9 Å². The average Bonchev–Trinajstić information content (AvgIpc) is 2.79. The summed E-state index contributed by atoms with van der Waals surface area (Å²) in [5.74, 6) is -1.24. The van der Waals surface area contributed by atoms with Gasteiger partial charge in [-0.3, -0.25) is 24.0 Å². The number of aromatic nitrogens is 2. The molecule has 7 heteroatoms. The van der Waals surface area contributed by atoms with Crippen LogP contribution in [0.3, 0.4) is 0 Å². The van der Waals surface area contributed by atoms with E-state index in [1.54, 1.807) is 7.05 Å². The molecule has 6 nitrogen and oxygen atoms in total. The number of hydrogen-bond donors (Lipinski definition) is 1. The Morgan fingerprint density at radius 3 is 2.67 bits per heavy atom. The first-order valence-electron chi connectivity index (χ1n) is 8.09. The Morgan fingerprint density at radius 1 is 1.33 bits per heavy atom. The second-order valence-electron chi connectivity index (χ2n) is 6.32. The lowest BCUT2D eigenvalue weighted by molar-refractivity contribution is -0.135. The number of nitrogens with one attached hydrogen (secondary N) is 1. The van der Waals surface area contributed by atoms with E-state index in [1.165, 1.54) is 21.3 Å². The SMILES string of the molecule is CCC(C)c1c(F)ccc2c1n(C)c(=O)n2C1CCC(=O)NC1=O. The molecule has 24 heavy (non-hydrogen) atoms. The van der Waals surface area contributed by atoms with Gasteiger partial charge in [-0.15, -0.1) is 0 Å². The minimum absolute atomic E-state index is 0.0584. The predicted molar refractivity (Wildman–Crippen MR) is 87.3 cm³/mol. The summed E-state index contributed by atoms with van der Waals surface area (Å²) in [4.78, 5) is 36.3. The first kappa shape index (κ1) is 16.4. The number of amides is 2. The first-order valence-corrected chi connectivity index (χ1v) is 8.09. The molecule has 2 unspecified atom stereocenters. The zero-order valence-electron chi connectivity index (χ0n) is 13.9. The molecule has 1 saturated heterocycles. The molecule has 1 aliphatic heterocycles. The molecule has 3 rings (SSSR count). The Labute approximate surface area is 138 Å².